The molecule has 0 bridgehead atoms. The van der Waals surface area contributed by atoms with Crippen molar-refractivity contribution in [3.05, 3.63) is 54.0 Å². The summed E-state index contributed by atoms with van der Waals surface area (Å²) in [6, 6.07) is 7.33. The molecule has 0 aromatic heterocycles. The number of ether oxygens (including phenoxy) is 1. The van der Waals surface area contributed by atoms with Crippen LogP contribution in [0.15, 0.2) is 42.9 Å². The Labute approximate surface area is 164 Å². The van der Waals surface area contributed by atoms with Gasteiger partial charge in [-0.2, -0.15) is 0 Å². The quantitative estimate of drug-likeness (QED) is 0.290. The summed E-state index contributed by atoms with van der Waals surface area (Å²) in [5.41, 5.74) is 1.74. The number of allylic oxidation sites excluding steroid dienone is 2. The van der Waals surface area contributed by atoms with Crippen LogP contribution in [0.5, 0.6) is 0 Å². The molecular formula is C20H26BBrO4. The SMILES string of the molecule is C=C[C@H](CBr)/C(=C\B1OC(C)(C)C(C)(C)O1)c1ccc(C(=O)OC)cc1. The van der Waals surface area contributed by atoms with E-state index in [1.807, 2.05) is 51.9 Å². The Morgan fingerprint density at radius 2 is 1.69 bits per heavy atom. The number of carbonyl (C=O) groups is 1. The van der Waals surface area contributed by atoms with E-state index in [1.165, 1.54) is 7.11 Å². The summed E-state index contributed by atoms with van der Waals surface area (Å²) in [5, 5.41) is 0.723. The van der Waals surface area contributed by atoms with Gasteiger partial charge in [0.05, 0.1) is 23.9 Å². The van der Waals surface area contributed by atoms with Gasteiger partial charge in [-0.1, -0.05) is 34.1 Å². The number of carbonyl (C=O) groups excluding carboxylic acids is 1. The fourth-order valence-electron chi connectivity index (χ4n) is 2.73. The molecule has 1 aliphatic heterocycles. The number of hydrogen-bond acceptors (Lipinski definition) is 4. The van der Waals surface area contributed by atoms with E-state index in [9.17, 15) is 4.79 Å². The molecule has 0 spiro atoms. The largest absolute Gasteiger partial charge is 0.487 e. The molecule has 140 valence electrons. The van der Waals surface area contributed by atoms with Gasteiger partial charge in [-0.3, -0.25) is 0 Å². The third-order valence-electron chi connectivity index (χ3n) is 5.08. The number of benzene rings is 1. The number of esters is 1. The molecule has 0 aliphatic carbocycles. The van der Waals surface area contributed by atoms with E-state index in [2.05, 4.69) is 22.5 Å². The highest BCUT2D eigenvalue weighted by atomic mass is 79.9. The Bertz CT molecular complexity index is 678. The zero-order chi connectivity index (χ0) is 19.5. The maximum atomic E-state index is 11.7. The molecule has 1 fully saturated rings. The predicted octanol–water partition coefficient (Wildman–Crippen LogP) is 4.69. The van der Waals surface area contributed by atoms with Gasteiger partial charge in [-0.15, -0.1) is 6.58 Å². The van der Waals surface area contributed by atoms with Crippen LogP contribution in [0.1, 0.15) is 43.6 Å². The number of methoxy groups -OCH3 is 1. The molecule has 0 saturated carbocycles. The van der Waals surface area contributed by atoms with E-state index in [-0.39, 0.29) is 11.9 Å². The van der Waals surface area contributed by atoms with Crippen molar-refractivity contribution in [1.29, 1.82) is 0 Å². The maximum absolute atomic E-state index is 11.7. The van der Waals surface area contributed by atoms with Gasteiger partial charge in [0.2, 0.25) is 0 Å². The summed E-state index contributed by atoms with van der Waals surface area (Å²) in [4.78, 5) is 11.7. The first-order chi connectivity index (χ1) is 12.1. The molecule has 1 atom stereocenters. The average molecular weight is 421 g/mol. The fourth-order valence-corrected chi connectivity index (χ4v) is 3.34. The van der Waals surface area contributed by atoms with E-state index in [0.717, 1.165) is 16.5 Å². The van der Waals surface area contributed by atoms with Crippen LogP contribution in [0.2, 0.25) is 0 Å². The monoisotopic (exact) mass is 420 g/mol. The highest BCUT2D eigenvalue weighted by molar-refractivity contribution is 9.09. The van der Waals surface area contributed by atoms with Gasteiger partial charge >= 0.3 is 13.1 Å². The molecule has 1 saturated heterocycles. The summed E-state index contributed by atoms with van der Waals surface area (Å²) >= 11 is 3.55. The molecule has 1 aromatic rings. The van der Waals surface area contributed by atoms with Crippen LogP contribution in [0.3, 0.4) is 0 Å². The van der Waals surface area contributed by atoms with Crippen LogP contribution in [0, 0.1) is 5.92 Å². The Kier molecular flexibility index (Phi) is 6.53. The molecule has 2 rings (SSSR count). The predicted molar refractivity (Wildman–Crippen MR) is 109 cm³/mol. The summed E-state index contributed by atoms with van der Waals surface area (Å²) in [5.74, 6) is 1.73. The average Bonchev–Trinajstić information content (AvgIpc) is 2.81. The minimum atomic E-state index is -0.447. The van der Waals surface area contributed by atoms with Crippen molar-refractivity contribution in [2.45, 2.75) is 38.9 Å². The molecule has 26 heavy (non-hydrogen) atoms. The number of hydrogen-bond donors (Lipinski definition) is 0. The first-order valence-corrected chi connectivity index (χ1v) is 9.72. The fraction of sp³-hybridized carbons (Fsp3) is 0.450. The number of alkyl halides is 1. The zero-order valence-electron chi connectivity index (χ0n) is 16.0. The molecule has 0 amide bonds. The third-order valence-corrected chi connectivity index (χ3v) is 5.77. The van der Waals surface area contributed by atoms with E-state index >= 15 is 0 Å². The molecule has 0 unspecified atom stereocenters. The van der Waals surface area contributed by atoms with Crippen LogP contribution in [0.4, 0.5) is 0 Å². The molecular weight excluding hydrogens is 395 g/mol. The summed E-state index contributed by atoms with van der Waals surface area (Å²) in [7, 11) is 0.926. The summed E-state index contributed by atoms with van der Waals surface area (Å²) < 4.78 is 17.0. The van der Waals surface area contributed by atoms with Gasteiger partial charge < -0.3 is 14.0 Å². The van der Waals surface area contributed by atoms with Gasteiger partial charge in [0.15, 0.2) is 0 Å². The normalized spacial score (nSPS) is 19.9. The van der Waals surface area contributed by atoms with Gasteiger partial charge in [0.1, 0.15) is 0 Å². The first kappa shape index (κ1) is 20.9. The van der Waals surface area contributed by atoms with Crippen molar-refractivity contribution in [2.24, 2.45) is 5.92 Å². The van der Waals surface area contributed by atoms with Crippen molar-refractivity contribution in [2.75, 3.05) is 12.4 Å². The Morgan fingerprint density at radius 3 is 2.12 bits per heavy atom. The second-order valence-corrected chi connectivity index (χ2v) is 7.96. The summed E-state index contributed by atoms with van der Waals surface area (Å²) in [6.45, 7) is 12.1. The molecule has 1 aromatic carbocycles. The van der Waals surface area contributed by atoms with Gasteiger partial charge in [-0.05, 0) is 56.9 Å². The maximum Gasteiger partial charge on any atom is 0.487 e. The Morgan fingerprint density at radius 1 is 1.19 bits per heavy atom. The number of rotatable bonds is 6. The first-order valence-electron chi connectivity index (χ1n) is 8.60. The standard InChI is InChI=1S/C20H26BBrO4/c1-7-14(13-22)17(12-21-25-19(2,3)20(4,5)26-21)15-8-10-16(11-9-15)18(23)24-6/h7-12,14H,1,13H2,2-6H3/b17-12+/t14-/m1/s1. The lowest BCUT2D eigenvalue weighted by atomic mass is 9.80. The Balaban J connectivity index is 2.39. The lowest BCUT2D eigenvalue weighted by Gasteiger charge is -2.32. The van der Waals surface area contributed by atoms with E-state index in [0.29, 0.717) is 5.56 Å². The lowest BCUT2D eigenvalue weighted by molar-refractivity contribution is 0.00578. The Hall–Kier alpha value is -1.37. The van der Waals surface area contributed by atoms with E-state index in [4.69, 9.17) is 14.0 Å². The van der Waals surface area contributed by atoms with Crippen LogP contribution < -0.4 is 0 Å². The second-order valence-electron chi connectivity index (χ2n) is 7.31. The summed E-state index contributed by atoms with van der Waals surface area (Å²) in [6.07, 6.45) is 1.89. The minimum absolute atomic E-state index is 0.0815. The van der Waals surface area contributed by atoms with Crippen LogP contribution in [-0.4, -0.2) is 36.7 Å². The van der Waals surface area contributed by atoms with Crippen molar-refractivity contribution in [3.8, 4) is 0 Å². The minimum Gasteiger partial charge on any atom is -0.465 e. The van der Waals surface area contributed by atoms with Crippen LogP contribution >= 0.6 is 15.9 Å². The van der Waals surface area contributed by atoms with Crippen LogP contribution in [0.25, 0.3) is 5.57 Å². The molecule has 0 N–H and O–H groups in total. The van der Waals surface area contributed by atoms with E-state index in [1.54, 1.807) is 12.1 Å². The molecule has 4 nitrogen and oxygen atoms in total. The zero-order valence-corrected chi connectivity index (χ0v) is 17.6. The molecule has 1 aliphatic rings. The highest BCUT2D eigenvalue weighted by Crippen LogP contribution is 2.38. The highest BCUT2D eigenvalue weighted by Gasteiger charge is 2.50. The smallest absolute Gasteiger partial charge is 0.465 e. The van der Waals surface area contributed by atoms with Crippen molar-refractivity contribution in [1.82, 2.24) is 0 Å². The van der Waals surface area contributed by atoms with Crippen molar-refractivity contribution in [3.63, 3.8) is 0 Å². The molecule has 6 heteroatoms. The van der Waals surface area contributed by atoms with E-state index < -0.39 is 18.3 Å². The van der Waals surface area contributed by atoms with Gasteiger partial charge in [0, 0.05) is 11.2 Å². The van der Waals surface area contributed by atoms with Crippen molar-refractivity contribution < 1.29 is 18.8 Å². The topological polar surface area (TPSA) is 44.8 Å². The van der Waals surface area contributed by atoms with Gasteiger partial charge in [-0.25, -0.2) is 4.79 Å². The second kappa shape index (κ2) is 8.11. The number of halogens is 1. The lowest BCUT2D eigenvalue weighted by Crippen LogP contribution is -2.41. The van der Waals surface area contributed by atoms with Crippen molar-refractivity contribution >= 4 is 34.6 Å². The van der Waals surface area contributed by atoms with Gasteiger partial charge in [0.25, 0.3) is 0 Å². The third kappa shape index (κ3) is 4.30. The van der Waals surface area contributed by atoms with Crippen LogP contribution in [-0.2, 0) is 14.0 Å². The molecule has 0 radical (unpaired) electrons. The molecule has 1 heterocycles.